The fraction of sp³-hybridized carbons (Fsp3) is 0.182. The molecule has 96 valence electrons. The molecule has 2 aromatic rings. The Morgan fingerprint density at radius 2 is 2.11 bits per heavy atom. The number of fused-ring (bicyclic) bond motifs is 1. The van der Waals surface area contributed by atoms with Crippen molar-refractivity contribution in [2.24, 2.45) is 0 Å². The van der Waals surface area contributed by atoms with E-state index in [-0.39, 0.29) is 0 Å². The number of benzene rings is 1. The van der Waals surface area contributed by atoms with Gasteiger partial charge in [-0.05, 0) is 35.0 Å². The highest BCUT2D eigenvalue weighted by molar-refractivity contribution is 7.17. The second-order valence-corrected chi connectivity index (χ2v) is 4.44. The number of alkyl halides is 3. The normalized spacial score (nSPS) is 11.5. The van der Waals surface area contributed by atoms with Gasteiger partial charge in [-0.25, -0.2) is 4.79 Å². The highest BCUT2D eigenvalue weighted by Gasteiger charge is 2.29. The number of rotatable bonds is 2. The quantitative estimate of drug-likeness (QED) is 0.899. The Morgan fingerprint density at radius 1 is 1.33 bits per heavy atom. The molecule has 0 spiro atoms. The molecule has 1 aromatic heterocycles. The third-order valence-corrected chi connectivity index (χ3v) is 2.96. The van der Waals surface area contributed by atoms with E-state index in [1.165, 1.54) is 11.3 Å². The molecule has 0 bridgehead atoms. The first-order chi connectivity index (χ1) is 8.44. The predicted molar refractivity (Wildman–Crippen MR) is 62.9 cm³/mol. The first-order valence-corrected chi connectivity index (χ1v) is 5.80. The van der Waals surface area contributed by atoms with Crippen LogP contribution in [-0.2, 0) is 4.74 Å². The molecule has 0 aliphatic heterocycles. The van der Waals surface area contributed by atoms with Crippen LogP contribution in [0.15, 0.2) is 29.6 Å². The van der Waals surface area contributed by atoms with Crippen molar-refractivity contribution >= 4 is 33.2 Å². The van der Waals surface area contributed by atoms with Crippen LogP contribution in [0.1, 0.15) is 0 Å². The van der Waals surface area contributed by atoms with Gasteiger partial charge in [0.1, 0.15) is 0 Å². The van der Waals surface area contributed by atoms with Crippen molar-refractivity contribution in [3.63, 3.8) is 0 Å². The Morgan fingerprint density at radius 3 is 2.83 bits per heavy atom. The van der Waals surface area contributed by atoms with Crippen molar-refractivity contribution in [3.05, 3.63) is 29.6 Å². The number of amides is 1. The summed E-state index contributed by atoms with van der Waals surface area (Å²) < 4.78 is 40.5. The summed E-state index contributed by atoms with van der Waals surface area (Å²) in [5.74, 6) is 0. The summed E-state index contributed by atoms with van der Waals surface area (Å²) in [6.07, 6.45) is -5.64. The molecule has 2 rings (SSSR count). The van der Waals surface area contributed by atoms with Crippen LogP contribution in [-0.4, -0.2) is 18.9 Å². The number of carbonyl (C=O) groups excluding carboxylic acids is 1. The summed E-state index contributed by atoms with van der Waals surface area (Å²) in [4.78, 5) is 11.1. The molecule has 0 saturated carbocycles. The molecule has 1 amide bonds. The minimum atomic E-state index is -4.52. The Bertz CT molecular complexity index is 565. The molecule has 3 nitrogen and oxygen atoms in total. The van der Waals surface area contributed by atoms with E-state index < -0.39 is 18.9 Å². The SMILES string of the molecule is O=C(Nc1ccc2sccc2c1)OCC(F)(F)F. The highest BCUT2D eigenvalue weighted by Crippen LogP contribution is 2.24. The number of anilines is 1. The monoisotopic (exact) mass is 275 g/mol. The Hall–Kier alpha value is -1.76. The average molecular weight is 275 g/mol. The zero-order valence-corrected chi connectivity index (χ0v) is 9.77. The number of carbonyl (C=O) groups is 1. The van der Waals surface area contributed by atoms with E-state index in [4.69, 9.17) is 0 Å². The molecule has 0 fully saturated rings. The maximum Gasteiger partial charge on any atom is 0.422 e. The van der Waals surface area contributed by atoms with E-state index in [0.717, 1.165) is 10.1 Å². The van der Waals surface area contributed by atoms with Gasteiger partial charge in [-0.15, -0.1) is 11.3 Å². The van der Waals surface area contributed by atoms with Crippen molar-refractivity contribution in [2.45, 2.75) is 6.18 Å². The number of hydrogen-bond donors (Lipinski definition) is 1. The van der Waals surface area contributed by atoms with Crippen molar-refractivity contribution in [1.82, 2.24) is 0 Å². The molecule has 7 heteroatoms. The molecule has 0 saturated heterocycles. The van der Waals surface area contributed by atoms with Crippen molar-refractivity contribution < 1.29 is 22.7 Å². The maximum atomic E-state index is 11.8. The van der Waals surface area contributed by atoms with Crippen LogP contribution < -0.4 is 5.32 Å². The average Bonchev–Trinajstić information content (AvgIpc) is 2.72. The van der Waals surface area contributed by atoms with Crippen LogP contribution >= 0.6 is 11.3 Å². The zero-order chi connectivity index (χ0) is 13.2. The lowest BCUT2D eigenvalue weighted by molar-refractivity contribution is -0.159. The van der Waals surface area contributed by atoms with Gasteiger partial charge in [0.25, 0.3) is 0 Å². The number of halogens is 3. The van der Waals surface area contributed by atoms with Crippen LogP contribution in [0.5, 0.6) is 0 Å². The second-order valence-electron chi connectivity index (χ2n) is 3.49. The Labute approximate surface area is 104 Å². The molecule has 0 aliphatic carbocycles. The molecule has 1 N–H and O–H groups in total. The lowest BCUT2D eigenvalue weighted by Crippen LogP contribution is -2.23. The van der Waals surface area contributed by atoms with Gasteiger partial charge in [0.05, 0.1) is 0 Å². The van der Waals surface area contributed by atoms with Gasteiger partial charge in [-0.1, -0.05) is 0 Å². The van der Waals surface area contributed by atoms with Crippen LogP contribution in [0, 0.1) is 0 Å². The lowest BCUT2D eigenvalue weighted by atomic mass is 10.2. The minimum absolute atomic E-state index is 0.396. The van der Waals surface area contributed by atoms with Crippen LogP contribution in [0.25, 0.3) is 10.1 Å². The number of hydrogen-bond acceptors (Lipinski definition) is 3. The molecular formula is C11H8F3NO2S. The van der Waals surface area contributed by atoms with Crippen molar-refractivity contribution in [1.29, 1.82) is 0 Å². The number of nitrogens with one attached hydrogen (secondary N) is 1. The number of ether oxygens (including phenoxy) is 1. The predicted octanol–water partition coefficient (Wildman–Crippen LogP) is 4.01. The van der Waals surface area contributed by atoms with Crippen LogP contribution in [0.4, 0.5) is 23.7 Å². The highest BCUT2D eigenvalue weighted by atomic mass is 32.1. The van der Waals surface area contributed by atoms with Gasteiger partial charge in [-0.3, -0.25) is 5.32 Å². The summed E-state index contributed by atoms with van der Waals surface area (Å²) in [7, 11) is 0. The third kappa shape index (κ3) is 3.36. The maximum absolute atomic E-state index is 11.8. The van der Waals surface area contributed by atoms with Gasteiger partial charge in [-0.2, -0.15) is 13.2 Å². The van der Waals surface area contributed by atoms with Gasteiger partial charge < -0.3 is 4.74 Å². The topological polar surface area (TPSA) is 38.3 Å². The zero-order valence-electron chi connectivity index (χ0n) is 8.95. The summed E-state index contributed by atoms with van der Waals surface area (Å²) in [6.45, 7) is -1.60. The fourth-order valence-corrected chi connectivity index (χ4v) is 2.12. The molecular weight excluding hydrogens is 267 g/mol. The minimum Gasteiger partial charge on any atom is -0.440 e. The second kappa shape index (κ2) is 4.85. The fourth-order valence-electron chi connectivity index (χ4n) is 1.35. The van der Waals surface area contributed by atoms with E-state index in [1.807, 2.05) is 11.4 Å². The van der Waals surface area contributed by atoms with Gasteiger partial charge in [0, 0.05) is 10.4 Å². The molecule has 1 heterocycles. The summed E-state index contributed by atoms with van der Waals surface area (Å²) in [5.41, 5.74) is 0.396. The van der Waals surface area contributed by atoms with Gasteiger partial charge in [0.15, 0.2) is 6.61 Å². The Kier molecular flexibility index (Phi) is 3.42. The molecule has 1 aromatic carbocycles. The van der Waals surface area contributed by atoms with Crippen LogP contribution in [0.2, 0.25) is 0 Å². The third-order valence-electron chi connectivity index (χ3n) is 2.07. The first kappa shape index (κ1) is 12.7. The van der Waals surface area contributed by atoms with E-state index >= 15 is 0 Å². The van der Waals surface area contributed by atoms with E-state index in [0.29, 0.717) is 5.69 Å². The standard InChI is InChI=1S/C11H8F3NO2S/c12-11(13,14)6-17-10(16)15-8-1-2-9-7(5-8)3-4-18-9/h1-5H,6H2,(H,15,16). The molecule has 0 unspecified atom stereocenters. The largest absolute Gasteiger partial charge is 0.440 e. The van der Waals surface area contributed by atoms with E-state index in [2.05, 4.69) is 10.1 Å². The lowest BCUT2D eigenvalue weighted by Gasteiger charge is -2.09. The number of thiophene rings is 1. The van der Waals surface area contributed by atoms with Crippen molar-refractivity contribution in [2.75, 3.05) is 11.9 Å². The van der Waals surface area contributed by atoms with Gasteiger partial charge >= 0.3 is 12.3 Å². The smallest absolute Gasteiger partial charge is 0.422 e. The molecule has 0 atom stereocenters. The van der Waals surface area contributed by atoms with Gasteiger partial charge in [0.2, 0.25) is 0 Å². The first-order valence-electron chi connectivity index (χ1n) is 4.92. The summed E-state index contributed by atoms with van der Waals surface area (Å²) >= 11 is 1.54. The molecule has 0 aliphatic rings. The van der Waals surface area contributed by atoms with Crippen LogP contribution in [0.3, 0.4) is 0 Å². The van der Waals surface area contributed by atoms with Crippen molar-refractivity contribution in [3.8, 4) is 0 Å². The molecule has 18 heavy (non-hydrogen) atoms. The van der Waals surface area contributed by atoms with E-state index in [1.54, 1.807) is 18.2 Å². The molecule has 0 radical (unpaired) electrons. The summed E-state index contributed by atoms with van der Waals surface area (Å²) in [5, 5.41) is 5.04. The van der Waals surface area contributed by atoms with E-state index in [9.17, 15) is 18.0 Å². The summed E-state index contributed by atoms with van der Waals surface area (Å²) in [6, 6.07) is 6.90. The Balaban J connectivity index is 1.98.